The maximum Gasteiger partial charge on any atom is 0.251 e. The van der Waals surface area contributed by atoms with Crippen LogP contribution in [0.5, 0.6) is 0 Å². The van der Waals surface area contributed by atoms with Crippen LogP contribution in [-0.4, -0.2) is 28.6 Å². The highest BCUT2D eigenvalue weighted by Crippen LogP contribution is 2.26. The highest BCUT2D eigenvalue weighted by Gasteiger charge is 2.16. The minimum absolute atomic E-state index is 0.185. The number of nitrogens with one attached hydrogen (secondary N) is 3. The van der Waals surface area contributed by atoms with Gasteiger partial charge in [-0.15, -0.1) is 0 Å². The highest BCUT2D eigenvalue weighted by molar-refractivity contribution is 5.99. The Bertz CT molecular complexity index is 796. The molecular weight excluding hydrogens is 354 g/mol. The van der Waals surface area contributed by atoms with Gasteiger partial charge in [0, 0.05) is 23.4 Å². The number of hydrogen-bond acceptors (Lipinski definition) is 3. The molecule has 1 aromatic heterocycles. The summed E-state index contributed by atoms with van der Waals surface area (Å²) in [6.45, 7) is -0.332. The van der Waals surface area contributed by atoms with Crippen LogP contribution in [0.1, 0.15) is 48.2 Å². The number of aromatic nitrogens is 2. The summed E-state index contributed by atoms with van der Waals surface area (Å²) in [6.07, 6.45) is 7.16. The molecule has 8 heteroatoms. The van der Waals surface area contributed by atoms with E-state index < -0.39 is 23.4 Å². The molecule has 27 heavy (non-hydrogen) atoms. The molecular formula is C19H22F2N4O2. The van der Waals surface area contributed by atoms with Crippen molar-refractivity contribution in [3.05, 3.63) is 47.2 Å². The van der Waals surface area contributed by atoms with Crippen molar-refractivity contribution < 1.29 is 18.4 Å². The first kappa shape index (κ1) is 19.0. The van der Waals surface area contributed by atoms with E-state index in [0.717, 1.165) is 24.2 Å². The zero-order valence-electron chi connectivity index (χ0n) is 14.9. The van der Waals surface area contributed by atoms with E-state index in [1.54, 1.807) is 6.07 Å². The lowest BCUT2D eigenvalue weighted by Crippen LogP contribution is -2.33. The Kier molecular flexibility index (Phi) is 6.16. The molecule has 1 aromatic carbocycles. The fourth-order valence-electron chi connectivity index (χ4n) is 3.37. The summed E-state index contributed by atoms with van der Waals surface area (Å²) in [5, 5.41) is 11.9. The molecule has 0 aliphatic heterocycles. The van der Waals surface area contributed by atoms with E-state index in [0.29, 0.717) is 17.8 Å². The Hall–Kier alpha value is -2.77. The minimum atomic E-state index is -0.855. The number of benzene rings is 1. The van der Waals surface area contributed by atoms with Gasteiger partial charge >= 0.3 is 0 Å². The second-order valence-electron chi connectivity index (χ2n) is 6.88. The molecule has 0 bridgehead atoms. The molecule has 1 heterocycles. The first-order chi connectivity index (χ1) is 13.0. The second kappa shape index (κ2) is 8.75. The number of aromatic amines is 1. The number of nitrogens with zero attached hydrogens (tertiary/aromatic N) is 1. The zero-order valence-corrected chi connectivity index (χ0v) is 14.9. The van der Waals surface area contributed by atoms with Gasteiger partial charge < -0.3 is 10.6 Å². The predicted molar refractivity (Wildman–Crippen MR) is 96.2 cm³/mol. The molecule has 0 saturated heterocycles. The molecule has 144 valence electrons. The van der Waals surface area contributed by atoms with Crippen LogP contribution in [0.4, 0.5) is 14.6 Å². The maximum absolute atomic E-state index is 13.1. The van der Waals surface area contributed by atoms with E-state index in [9.17, 15) is 18.4 Å². The lowest BCUT2D eigenvalue weighted by atomic mass is 9.86. The normalized spacial score (nSPS) is 14.7. The van der Waals surface area contributed by atoms with Crippen LogP contribution < -0.4 is 10.6 Å². The Morgan fingerprint density at radius 2 is 1.78 bits per heavy atom. The van der Waals surface area contributed by atoms with Gasteiger partial charge in [-0.1, -0.05) is 32.1 Å². The summed E-state index contributed by atoms with van der Waals surface area (Å²) in [7, 11) is 0. The van der Waals surface area contributed by atoms with Gasteiger partial charge in [-0.2, -0.15) is 5.10 Å². The van der Waals surface area contributed by atoms with Crippen molar-refractivity contribution in [2.24, 2.45) is 5.92 Å². The first-order valence-corrected chi connectivity index (χ1v) is 9.08. The topological polar surface area (TPSA) is 86.9 Å². The number of halogens is 2. The molecule has 3 N–H and O–H groups in total. The maximum atomic E-state index is 13.1. The summed E-state index contributed by atoms with van der Waals surface area (Å²) in [5.41, 5.74) is 0.784. The van der Waals surface area contributed by atoms with E-state index in [-0.39, 0.29) is 12.1 Å². The van der Waals surface area contributed by atoms with Crippen LogP contribution in [0.3, 0.4) is 0 Å². The molecule has 1 fully saturated rings. The molecule has 1 aliphatic carbocycles. The molecule has 0 radical (unpaired) electrons. The van der Waals surface area contributed by atoms with Crippen molar-refractivity contribution in [1.82, 2.24) is 15.5 Å². The number of hydrogen-bond donors (Lipinski definition) is 3. The average molecular weight is 376 g/mol. The van der Waals surface area contributed by atoms with Gasteiger partial charge in [0.1, 0.15) is 11.6 Å². The molecule has 1 aliphatic rings. The Morgan fingerprint density at radius 3 is 2.48 bits per heavy atom. The summed E-state index contributed by atoms with van der Waals surface area (Å²) in [5.74, 6) is -1.89. The molecule has 2 aromatic rings. The van der Waals surface area contributed by atoms with Gasteiger partial charge in [0.05, 0.1) is 6.54 Å². The van der Waals surface area contributed by atoms with Crippen molar-refractivity contribution in [3.8, 4) is 0 Å². The van der Waals surface area contributed by atoms with Crippen LogP contribution in [0, 0.1) is 17.6 Å². The van der Waals surface area contributed by atoms with E-state index in [1.807, 2.05) is 0 Å². The predicted octanol–water partition coefficient (Wildman–Crippen LogP) is 3.18. The van der Waals surface area contributed by atoms with Crippen molar-refractivity contribution >= 4 is 17.6 Å². The SMILES string of the molecule is O=C(CNC(=O)c1cc(F)cc(F)c1)Nc1cc(CC2CCCCC2)[nH]n1. The molecule has 6 nitrogen and oxygen atoms in total. The zero-order chi connectivity index (χ0) is 19.2. The molecule has 0 spiro atoms. The van der Waals surface area contributed by atoms with E-state index in [2.05, 4.69) is 20.8 Å². The van der Waals surface area contributed by atoms with Gasteiger partial charge in [-0.25, -0.2) is 8.78 Å². The third kappa shape index (κ3) is 5.60. The number of anilines is 1. The second-order valence-corrected chi connectivity index (χ2v) is 6.88. The molecule has 0 atom stereocenters. The standard InChI is InChI=1S/C19H22F2N4O2/c20-14-7-13(8-15(21)9-14)19(27)22-11-18(26)23-17-10-16(24-25-17)6-12-4-2-1-3-5-12/h7-10,12H,1-6,11H2,(H,22,27)(H2,23,24,25,26). The fraction of sp³-hybridized carbons (Fsp3) is 0.421. The molecule has 1 saturated carbocycles. The third-order valence-electron chi connectivity index (χ3n) is 4.67. The lowest BCUT2D eigenvalue weighted by molar-refractivity contribution is -0.115. The Morgan fingerprint density at radius 1 is 1.07 bits per heavy atom. The van der Waals surface area contributed by atoms with Gasteiger partial charge in [-0.3, -0.25) is 14.7 Å². The lowest BCUT2D eigenvalue weighted by Gasteiger charge is -2.20. The Labute approximate surface area is 155 Å². The number of carbonyl (C=O) groups excluding carboxylic acids is 2. The highest BCUT2D eigenvalue weighted by atomic mass is 19.1. The van der Waals surface area contributed by atoms with Gasteiger partial charge in [0.15, 0.2) is 5.82 Å². The van der Waals surface area contributed by atoms with E-state index >= 15 is 0 Å². The molecule has 3 rings (SSSR count). The largest absolute Gasteiger partial charge is 0.343 e. The monoisotopic (exact) mass is 376 g/mol. The molecule has 2 amide bonds. The van der Waals surface area contributed by atoms with Crippen LogP contribution >= 0.6 is 0 Å². The van der Waals surface area contributed by atoms with Crippen LogP contribution in [0.2, 0.25) is 0 Å². The molecule has 0 unspecified atom stereocenters. The first-order valence-electron chi connectivity index (χ1n) is 9.08. The van der Waals surface area contributed by atoms with E-state index in [4.69, 9.17) is 0 Å². The van der Waals surface area contributed by atoms with Gasteiger partial charge in [0.25, 0.3) is 5.91 Å². The number of amides is 2. The van der Waals surface area contributed by atoms with Gasteiger partial charge in [-0.05, 0) is 24.5 Å². The summed E-state index contributed by atoms with van der Waals surface area (Å²) < 4.78 is 26.3. The smallest absolute Gasteiger partial charge is 0.251 e. The fourth-order valence-corrected chi connectivity index (χ4v) is 3.37. The van der Waals surface area contributed by atoms with Gasteiger partial charge in [0.2, 0.25) is 5.91 Å². The quantitative estimate of drug-likeness (QED) is 0.724. The third-order valence-corrected chi connectivity index (χ3v) is 4.67. The summed E-state index contributed by atoms with van der Waals surface area (Å²) in [4.78, 5) is 23.8. The average Bonchev–Trinajstić information content (AvgIpc) is 3.06. The van der Waals surface area contributed by atoms with Crippen LogP contribution in [0.25, 0.3) is 0 Å². The number of carbonyl (C=O) groups is 2. The van der Waals surface area contributed by atoms with Crippen LogP contribution in [0.15, 0.2) is 24.3 Å². The Balaban J connectivity index is 1.47. The van der Waals surface area contributed by atoms with Crippen molar-refractivity contribution in [3.63, 3.8) is 0 Å². The summed E-state index contributed by atoms with van der Waals surface area (Å²) >= 11 is 0. The number of rotatable bonds is 6. The summed E-state index contributed by atoms with van der Waals surface area (Å²) in [6, 6.07) is 4.27. The van der Waals surface area contributed by atoms with Crippen molar-refractivity contribution in [1.29, 1.82) is 0 Å². The van der Waals surface area contributed by atoms with Crippen molar-refractivity contribution in [2.45, 2.75) is 38.5 Å². The van der Waals surface area contributed by atoms with E-state index in [1.165, 1.54) is 32.1 Å². The minimum Gasteiger partial charge on any atom is -0.343 e. The number of H-pyrrole nitrogens is 1. The van der Waals surface area contributed by atoms with Crippen molar-refractivity contribution in [2.75, 3.05) is 11.9 Å². The van der Waals surface area contributed by atoms with Crippen LogP contribution in [-0.2, 0) is 11.2 Å².